The quantitative estimate of drug-likeness (QED) is 0.428. The van der Waals surface area contributed by atoms with Crippen LogP contribution in [0.5, 0.6) is 0 Å². The van der Waals surface area contributed by atoms with Gasteiger partial charge in [-0.1, -0.05) is 36.4 Å². The maximum absolute atomic E-state index is 5.17. The molecule has 0 aliphatic carbocycles. The first-order valence-electron chi connectivity index (χ1n) is 1.73. The first-order valence-corrected chi connectivity index (χ1v) is 2.49. The molecule has 0 amide bonds. The number of halogens is 2. The smallest absolute Gasteiger partial charge is 0.138 e. The summed E-state index contributed by atoms with van der Waals surface area (Å²) in [5.74, 6) is 0. The molecule has 0 saturated heterocycles. The molecule has 0 aliphatic heterocycles. The minimum atomic E-state index is 0.0896. The van der Waals surface area contributed by atoms with Gasteiger partial charge in [-0.25, -0.2) is 0 Å². The van der Waals surface area contributed by atoms with Crippen LogP contribution in [0.3, 0.4) is 0 Å². The first kappa shape index (κ1) is 7.66. The van der Waals surface area contributed by atoms with Gasteiger partial charge in [0, 0.05) is 0 Å². The maximum Gasteiger partial charge on any atom is 0.144 e. The second-order valence-corrected chi connectivity index (χ2v) is 1.83. The zero-order valence-electron chi connectivity index (χ0n) is 4.06. The SMILES string of the molecule is C=C(Cl)/N=N\C(=C)Cl. The fourth-order valence-corrected chi connectivity index (χ4v) is 0.184. The molecule has 2 nitrogen and oxygen atoms in total. The summed E-state index contributed by atoms with van der Waals surface area (Å²) in [6.45, 7) is 6.46. The average Bonchev–Trinajstić information content (AvgIpc) is 1.61. The van der Waals surface area contributed by atoms with Gasteiger partial charge in [0.25, 0.3) is 0 Å². The molecule has 0 N–H and O–H groups in total. The summed E-state index contributed by atoms with van der Waals surface area (Å²) in [4.78, 5) is 0. The van der Waals surface area contributed by atoms with Crippen LogP contribution < -0.4 is 0 Å². The lowest BCUT2D eigenvalue weighted by molar-refractivity contribution is 1.19. The van der Waals surface area contributed by atoms with E-state index in [1.54, 1.807) is 0 Å². The van der Waals surface area contributed by atoms with Gasteiger partial charge in [0.15, 0.2) is 0 Å². The van der Waals surface area contributed by atoms with E-state index >= 15 is 0 Å². The van der Waals surface area contributed by atoms with E-state index in [9.17, 15) is 0 Å². The molecule has 0 aromatic carbocycles. The summed E-state index contributed by atoms with van der Waals surface area (Å²) in [6.07, 6.45) is 0. The molecular weight excluding hydrogens is 147 g/mol. The van der Waals surface area contributed by atoms with Crippen molar-refractivity contribution in [3.8, 4) is 0 Å². The van der Waals surface area contributed by atoms with Gasteiger partial charge in [-0.05, 0) is 0 Å². The third kappa shape index (κ3) is 5.66. The standard InChI is InChI=1S/C4H4Cl2N2/c1-3(5)7-8-4(2)6/h1-2H2/b8-7-. The van der Waals surface area contributed by atoms with Crippen molar-refractivity contribution in [3.05, 3.63) is 23.5 Å². The van der Waals surface area contributed by atoms with Crippen LogP contribution in [0.2, 0.25) is 0 Å². The molecule has 0 atom stereocenters. The highest BCUT2D eigenvalue weighted by Gasteiger charge is 1.79. The summed E-state index contributed by atoms with van der Waals surface area (Å²) in [6, 6.07) is 0. The fourth-order valence-electron chi connectivity index (χ4n) is 0.109. The monoisotopic (exact) mass is 150 g/mol. The van der Waals surface area contributed by atoms with E-state index in [1.165, 1.54) is 0 Å². The summed E-state index contributed by atoms with van der Waals surface area (Å²) in [7, 11) is 0. The van der Waals surface area contributed by atoms with Gasteiger partial charge >= 0.3 is 0 Å². The minimum Gasteiger partial charge on any atom is -0.138 e. The molecule has 0 aromatic rings. The topological polar surface area (TPSA) is 24.7 Å². The average molecular weight is 151 g/mol. The summed E-state index contributed by atoms with van der Waals surface area (Å²) < 4.78 is 0. The number of hydrogen-bond donors (Lipinski definition) is 0. The van der Waals surface area contributed by atoms with E-state index in [2.05, 4.69) is 23.4 Å². The van der Waals surface area contributed by atoms with Crippen LogP contribution >= 0.6 is 23.2 Å². The van der Waals surface area contributed by atoms with Gasteiger partial charge in [-0.15, -0.1) is 10.2 Å². The Morgan fingerprint density at radius 3 is 1.38 bits per heavy atom. The second kappa shape index (κ2) is 3.64. The van der Waals surface area contributed by atoms with Gasteiger partial charge < -0.3 is 0 Å². The Morgan fingerprint density at radius 1 is 1.00 bits per heavy atom. The van der Waals surface area contributed by atoms with Crippen molar-refractivity contribution in [1.82, 2.24) is 0 Å². The van der Waals surface area contributed by atoms with E-state index < -0.39 is 0 Å². The van der Waals surface area contributed by atoms with Gasteiger partial charge in [0.1, 0.15) is 10.3 Å². The van der Waals surface area contributed by atoms with Crippen LogP contribution in [0, 0.1) is 0 Å². The number of azo groups is 1. The Kier molecular flexibility index (Phi) is 3.48. The van der Waals surface area contributed by atoms with Gasteiger partial charge in [-0.3, -0.25) is 0 Å². The molecule has 0 rings (SSSR count). The summed E-state index contributed by atoms with van der Waals surface area (Å²) in [5, 5.41) is 6.76. The number of hydrogen-bond acceptors (Lipinski definition) is 2. The van der Waals surface area contributed by atoms with Gasteiger partial charge in [0.2, 0.25) is 0 Å². The van der Waals surface area contributed by atoms with Crippen molar-refractivity contribution < 1.29 is 0 Å². The molecule has 0 fully saturated rings. The Balaban J connectivity index is 3.67. The highest BCUT2D eigenvalue weighted by Crippen LogP contribution is 2.04. The molecule has 4 heteroatoms. The molecule has 0 aliphatic rings. The zero-order valence-corrected chi connectivity index (χ0v) is 5.58. The fraction of sp³-hybridized carbons (Fsp3) is 0. The van der Waals surface area contributed by atoms with Crippen molar-refractivity contribution in [2.45, 2.75) is 0 Å². The molecule has 0 spiro atoms. The lowest BCUT2D eigenvalue weighted by atomic mass is 11.0. The Labute approximate surface area is 57.5 Å². The highest BCUT2D eigenvalue weighted by atomic mass is 35.5. The summed E-state index contributed by atoms with van der Waals surface area (Å²) in [5.41, 5.74) is 0. The highest BCUT2D eigenvalue weighted by molar-refractivity contribution is 6.29. The molecule has 0 unspecified atom stereocenters. The minimum absolute atomic E-state index is 0.0896. The maximum atomic E-state index is 5.17. The van der Waals surface area contributed by atoms with Crippen LogP contribution in [-0.4, -0.2) is 0 Å². The molecule has 0 radical (unpaired) electrons. The van der Waals surface area contributed by atoms with E-state index in [-0.39, 0.29) is 10.3 Å². The molecular formula is C4H4Cl2N2. The zero-order chi connectivity index (χ0) is 6.57. The normalized spacial score (nSPS) is 9.75. The van der Waals surface area contributed by atoms with Crippen molar-refractivity contribution in [2.24, 2.45) is 10.2 Å². The van der Waals surface area contributed by atoms with Gasteiger partial charge in [0.05, 0.1) is 0 Å². The third-order valence-corrected chi connectivity index (χ3v) is 0.418. The Bertz CT molecular complexity index is 123. The van der Waals surface area contributed by atoms with Crippen LogP contribution in [0.4, 0.5) is 0 Å². The third-order valence-electron chi connectivity index (χ3n) is 0.267. The van der Waals surface area contributed by atoms with Crippen molar-refractivity contribution >= 4 is 23.2 Å². The van der Waals surface area contributed by atoms with E-state index in [1.807, 2.05) is 0 Å². The van der Waals surface area contributed by atoms with E-state index in [0.29, 0.717) is 0 Å². The predicted molar refractivity (Wildman–Crippen MR) is 34.8 cm³/mol. The van der Waals surface area contributed by atoms with Crippen LogP contribution in [-0.2, 0) is 0 Å². The van der Waals surface area contributed by atoms with E-state index in [0.717, 1.165) is 0 Å². The number of rotatable bonds is 2. The van der Waals surface area contributed by atoms with Crippen molar-refractivity contribution in [2.75, 3.05) is 0 Å². The van der Waals surface area contributed by atoms with Crippen molar-refractivity contribution in [1.29, 1.82) is 0 Å². The van der Waals surface area contributed by atoms with E-state index in [4.69, 9.17) is 23.2 Å². The Morgan fingerprint density at radius 2 is 1.25 bits per heavy atom. The second-order valence-electron chi connectivity index (χ2n) is 0.953. The number of nitrogens with zero attached hydrogens (tertiary/aromatic N) is 2. The lowest BCUT2D eigenvalue weighted by Gasteiger charge is -1.79. The van der Waals surface area contributed by atoms with Crippen LogP contribution in [0.25, 0.3) is 0 Å². The summed E-state index contributed by atoms with van der Waals surface area (Å²) >= 11 is 10.3. The lowest BCUT2D eigenvalue weighted by Crippen LogP contribution is -1.55. The van der Waals surface area contributed by atoms with Crippen LogP contribution in [0.1, 0.15) is 0 Å². The molecule has 0 aromatic heterocycles. The molecule has 0 bridgehead atoms. The van der Waals surface area contributed by atoms with Crippen LogP contribution in [0.15, 0.2) is 33.7 Å². The first-order chi connectivity index (χ1) is 3.63. The molecule has 0 saturated carbocycles. The predicted octanol–water partition coefficient (Wildman–Crippen LogP) is 2.86. The molecule has 8 heavy (non-hydrogen) atoms. The Hall–Kier alpha value is -0.340. The van der Waals surface area contributed by atoms with Crippen molar-refractivity contribution in [3.63, 3.8) is 0 Å². The molecule has 44 valence electrons. The molecule has 0 heterocycles. The van der Waals surface area contributed by atoms with Gasteiger partial charge in [-0.2, -0.15) is 0 Å². The largest absolute Gasteiger partial charge is 0.144 e.